The van der Waals surface area contributed by atoms with Crippen LogP contribution in [0.3, 0.4) is 0 Å². The second-order valence-corrected chi connectivity index (χ2v) is 10.9. The molecule has 41 heavy (non-hydrogen) atoms. The number of hydrogen-bond donors (Lipinski definition) is 3. The summed E-state index contributed by atoms with van der Waals surface area (Å²) in [6.45, 7) is 2.71. The number of aliphatic hydroxyl groups is 3. The van der Waals surface area contributed by atoms with E-state index in [1.807, 2.05) is 0 Å². The van der Waals surface area contributed by atoms with Gasteiger partial charge in [-0.15, -0.1) is 11.3 Å². The molecule has 0 amide bonds. The number of halogens is 4. The number of aliphatic hydroxyl groups excluding tert-OH is 3. The van der Waals surface area contributed by atoms with Gasteiger partial charge in [0.1, 0.15) is 41.8 Å². The fourth-order valence-corrected chi connectivity index (χ4v) is 5.89. The first-order chi connectivity index (χ1) is 19.5. The average molecular weight is 591 g/mol. The summed E-state index contributed by atoms with van der Waals surface area (Å²) in [5, 5.41) is 41.6. The Balaban J connectivity index is 1.40. The summed E-state index contributed by atoms with van der Waals surface area (Å²) in [4.78, 5) is 8.59. The Bertz CT molecular complexity index is 1750. The highest BCUT2D eigenvalue weighted by Crippen LogP contribution is 2.39. The number of aromatic nitrogens is 6. The van der Waals surface area contributed by atoms with Crippen LogP contribution >= 0.6 is 11.3 Å². The van der Waals surface area contributed by atoms with Gasteiger partial charge in [-0.3, -0.25) is 4.68 Å². The lowest BCUT2D eigenvalue weighted by Crippen LogP contribution is -2.53. The van der Waals surface area contributed by atoms with Gasteiger partial charge in [0.2, 0.25) is 0 Å². The molecule has 1 aliphatic rings. The standard InChI is InChI=1S/C26H22F4N6O4S/c1-10-32-26(36(34-10)14-5-17(29)21-19(6-14)41-11(2)33-21)25-24(39)22(23(38)18(9-37)40-25)35-8-13(7-31-35)12-3-15(27)20(30)16(28)4-12/h3-8,18,22-25,37-39H,9H2,1-2H3/t18?,22-,23-,24?,25+/m0/s1. The van der Waals surface area contributed by atoms with E-state index in [9.17, 15) is 32.9 Å². The van der Waals surface area contributed by atoms with Crippen LogP contribution in [0.15, 0.2) is 36.7 Å². The van der Waals surface area contributed by atoms with Gasteiger partial charge >= 0.3 is 0 Å². The van der Waals surface area contributed by atoms with Crippen LogP contribution < -0.4 is 0 Å². The van der Waals surface area contributed by atoms with Crippen molar-refractivity contribution in [3.63, 3.8) is 0 Å². The van der Waals surface area contributed by atoms with Crippen molar-refractivity contribution in [2.75, 3.05) is 6.61 Å². The Labute approximate surface area is 233 Å². The highest BCUT2D eigenvalue weighted by Gasteiger charge is 2.48. The molecule has 3 N–H and O–H groups in total. The summed E-state index contributed by atoms with van der Waals surface area (Å²) >= 11 is 1.29. The fraction of sp³-hybridized carbons (Fsp3) is 0.308. The van der Waals surface area contributed by atoms with Crippen molar-refractivity contribution in [3.8, 4) is 16.8 Å². The zero-order valence-electron chi connectivity index (χ0n) is 21.4. The topological polar surface area (TPSA) is 131 Å². The van der Waals surface area contributed by atoms with Crippen LogP contribution in [0.25, 0.3) is 27.0 Å². The van der Waals surface area contributed by atoms with Crippen molar-refractivity contribution >= 4 is 21.6 Å². The molecule has 5 atom stereocenters. The molecule has 2 aromatic carbocycles. The molecule has 1 aliphatic heterocycles. The van der Waals surface area contributed by atoms with Gasteiger partial charge in [-0.1, -0.05) is 0 Å². The van der Waals surface area contributed by atoms with Gasteiger partial charge < -0.3 is 20.1 Å². The van der Waals surface area contributed by atoms with Crippen molar-refractivity contribution in [1.82, 2.24) is 29.5 Å². The van der Waals surface area contributed by atoms with Crippen LogP contribution in [0.4, 0.5) is 17.6 Å². The molecule has 1 fully saturated rings. The highest BCUT2D eigenvalue weighted by molar-refractivity contribution is 7.18. The van der Waals surface area contributed by atoms with Gasteiger partial charge in [-0.05, 0) is 37.6 Å². The number of aryl methyl sites for hydroxylation is 2. The van der Waals surface area contributed by atoms with E-state index in [1.54, 1.807) is 19.9 Å². The van der Waals surface area contributed by atoms with E-state index in [4.69, 9.17) is 4.74 Å². The molecule has 214 valence electrons. The summed E-state index contributed by atoms with van der Waals surface area (Å²) in [6, 6.07) is 3.25. The molecule has 10 nitrogen and oxygen atoms in total. The van der Waals surface area contributed by atoms with Crippen LogP contribution in [0.1, 0.15) is 28.8 Å². The predicted molar refractivity (Wildman–Crippen MR) is 137 cm³/mol. The Morgan fingerprint density at radius 3 is 2.39 bits per heavy atom. The number of fused-ring (bicyclic) bond motifs is 1. The van der Waals surface area contributed by atoms with E-state index in [-0.39, 0.29) is 34.0 Å². The van der Waals surface area contributed by atoms with Gasteiger partial charge in [0, 0.05) is 17.8 Å². The Kier molecular flexibility index (Phi) is 6.86. The first-order valence-electron chi connectivity index (χ1n) is 12.4. The molecule has 1 saturated heterocycles. The van der Waals surface area contributed by atoms with Crippen LogP contribution in [0, 0.1) is 37.1 Å². The number of rotatable bonds is 5. The third-order valence-corrected chi connectivity index (χ3v) is 7.81. The van der Waals surface area contributed by atoms with E-state index in [0.717, 1.165) is 12.1 Å². The molecular weight excluding hydrogens is 568 g/mol. The van der Waals surface area contributed by atoms with Gasteiger partial charge in [-0.2, -0.15) is 10.2 Å². The van der Waals surface area contributed by atoms with Crippen molar-refractivity contribution in [3.05, 3.63) is 76.6 Å². The lowest BCUT2D eigenvalue weighted by Gasteiger charge is -2.41. The summed E-state index contributed by atoms with van der Waals surface area (Å²) in [7, 11) is 0. The maximum atomic E-state index is 14.9. The van der Waals surface area contributed by atoms with Crippen molar-refractivity contribution < 1.29 is 37.6 Å². The van der Waals surface area contributed by atoms with Crippen LogP contribution in [0.5, 0.6) is 0 Å². The van der Waals surface area contributed by atoms with Crippen LogP contribution in [-0.4, -0.2) is 69.8 Å². The highest BCUT2D eigenvalue weighted by atomic mass is 32.1. The molecule has 15 heteroatoms. The first kappa shape index (κ1) is 27.4. The summed E-state index contributed by atoms with van der Waals surface area (Å²) in [5.41, 5.74) is 0.649. The van der Waals surface area contributed by atoms with E-state index in [2.05, 4.69) is 20.2 Å². The lowest BCUT2D eigenvalue weighted by molar-refractivity contribution is -0.210. The fourth-order valence-electron chi connectivity index (χ4n) is 5.01. The predicted octanol–water partition coefficient (Wildman–Crippen LogP) is 3.31. The molecule has 2 unspecified atom stereocenters. The Morgan fingerprint density at radius 2 is 1.68 bits per heavy atom. The van der Waals surface area contributed by atoms with Crippen LogP contribution in [0.2, 0.25) is 0 Å². The summed E-state index contributed by atoms with van der Waals surface area (Å²) in [5.74, 6) is -4.63. The number of hydrogen-bond acceptors (Lipinski definition) is 9. The quantitative estimate of drug-likeness (QED) is 0.210. The maximum absolute atomic E-state index is 14.9. The lowest BCUT2D eigenvalue weighted by atomic mass is 9.92. The molecule has 4 heterocycles. The second-order valence-electron chi connectivity index (χ2n) is 9.65. The number of ether oxygens (including phenoxy) is 1. The molecule has 0 bridgehead atoms. The average Bonchev–Trinajstić information content (AvgIpc) is 3.65. The molecular formula is C26H22F4N6O4S. The molecule has 0 saturated carbocycles. The smallest absolute Gasteiger partial charge is 0.194 e. The largest absolute Gasteiger partial charge is 0.394 e. The third kappa shape index (κ3) is 4.68. The Morgan fingerprint density at radius 1 is 0.951 bits per heavy atom. The first-order valence-corrected chi connectivity index (χ1v) is 13.2. The Hall–Kier alpha value is -3.76. The number of benzene rings is 2. The minimum atomic E-state index is -1.62. The van der Waals surface area contributed by atoms with E-state index >= 15 is 0 Å². The maximum Gasteiger partial charge on any atom is 0.194 e. The molecule has 5 aromatic rings. The zero-order chi connectivity index (χ0) is 29.2. The van der Waals surface area contributed by atoms with Gasteiger partial charge in [-0.25, -0.2) is 32.2 Å². The van der Waals surface area contributed by atoms with Crippen molar-refractivity contribution in [2.45, 2.75) is 44.3 Å². The number of thiazole rings is 1. The number of nitrogens with zero attached hydrogens (tertiary/aromatic N) is 6. The monoisotopic (exact) mass is 590 g/mol. The van der Waals surface area contributed by atoms with E-state index in [0.29, 0.717) is 9.71 Å². The van der Waals surface area contributed by atoms with Crippen molar-refractivity contribution in [2.24, 2.45) is 0 Å². The molecule has 0 aliphatic carbocycles. The molecule has 0 spiro atoms. The third-order valence-electron chi connectivity index (χ3n) is 6.89. The van der Waals surface area contributed by atoms with Crippen LogP contribution in [-0.2, 0) is 4.74 Å². The van der Waals surface area contributed by atoms with Crippen molar-refractivity contribution in [1.29, 1.82) is 0 Å². The molecule has 6 rings (SSSR count). The zero-order valence-corrected chi connectivity index (χ0v) is 22.2. The van der Waals surface area contributed by atoms with Gasteiger partial charge in [0.15, 0.2) is 29.1 Å². The van der Waals surface area contributed by atoms with E-state index < -0.39 is 60.3 Å². The SMILES string of the molecule is Cc1nc([C@@H]2OC(CO)[C@H](O)[C@H](n3cc(-c4cc(F)c(F)c(F)c4)cn3)C2O)n(-c2cc(F)c3nc(C)sc3c2)n1. The molecule has 0 radical (unpaired) electrons. The minimum Gasteiger partial charge on any atom is -0.394 e. The summed E-state index contributed by atoms with van der Waals surface area (Å²) < 4.78 is 65.0. The molecule has 3 aromatic heterocycles. The second kappa shape index (κ2) is 10.3. The van der Waals surface area contributed by atoms with E-state index in [1.165, 1.54) is 39.2 Å². The normalized spacial score (nSPS) is 23.0. The van der Waals surface area contributed by atoms with Gasteiger partial charge in [0.05, 0.1) is 28.2 Å². The minimum absolute atomic E-state index is 0.0231. The van der Waals surface area contributed by atoms with Gasteiger partial charge in [0.25, 0.3) is 0 Å². The summed E-state index contributed by atoms with van der Waals surface area (Å²) in [6.07, 6.45) is -2.97.